The number of carbonyl (C=O) groups excluding carboxylic acids is 5. The Balaban J connectivity index is 1.45. The van der Waals surface area contributed by atoms with Crippen molar-refractivity contribution in [1.29, 1.82) is 0 Å². The lowest BCUT2D eigenvalue weighted by atomic mass is 9.32. The molecule has 4 aliphatic heterocycles. The van der Waals surface area contributed by atoms with E-state index in [-0.39, 0.29) is 25.7 Å². The van der Waals surface area contributed by atoms with Gasteiger partial charge >= 0.3 is 29.8 Å². The lowest BCUT2D eigenvalue weighted by Gasteiger charge is -2.78. The van der Waals surface area contributed by atoms with Crippen molar-refractivity contribution in [2.24, 2.45) is 22.2 Å². The van der Waals surface area contributed by atoms with Gasteiger partial charge in [0.15, 0.2) is 22.4 Å². The maximum absolute atomic E-state index is 14.6. The summed E-state index contributed by atoms with van der Waals surface area (Å²) in [5.41, 5.74) is -16.9. The molecule has 5 heterocycles. The molecule has 4 aliphatic carbocycles. The molecule has 8 aliphatic rings. The number of carbonyl (C=O) groups is 5. The normalized spacial score (nSPS) is 51.2. The molecule has 62 heavy (non-hydrogen) atoms. The van der Waals surface area contributed by atoms with Gasteiger partial charge in [-0.25, -0.2) is 4.79 Å². The van der Waals surface area contributed by atoms with Gasteiger partial charge in [0.25, 0.3) is 11.9 Å². The van der Waals surface area contributed by atoms with E-state index in [0.29, 0.717) is 5.56 Å². The van der Waals surface area contributed by atoms with E-state index in [1.807, 2.05) is 0 Å². The van der Waals surface area contributed by atoms with Crippen LogP contribution in [0.2, 0.25) is 0 Å². The number of methoxy groups -OCH3 is 3. The molecule has 1 N–H and O–H groups in total. The Bertz CT molecular complexity index is 2120. The highest BCUT2D eigenvalue weighted by molar-refractivity contribution is 5.83. The van der Waals surface area contributed by atoms with Crippen molar-refractivity contribution in [3.63, 3.8) is 0 Å². The zero-order valence-corrected chi connectivity index (χ0v) is 37.0. The molecule has 1 aromatic heterocycles. The maximum Gasteiger partial charge on any atom is 0.341 e. The second kappa shape index (κ2) is 12.8. The number of aliphatic hydroxyl groups is 1. The van der Waals surface area contributed by atoms with Gasteiger partial charge in [0.05, 0.1) is 45.4 Å². The van der Waals surface area contributed by atoms with Crippen LogP contribution in [0.15, 0.2) is 23.0 Å². The quantitative estimate of drug-likeness (QED) is 0.181. The van der Waals surface area contributed by atoms with Gasteiger partial charge in [-0.05, 0) is 32.3 Å². The van der Waals surface area contributed by atoms with Gasteiger partial charge in [0.1, 0.15) is 29.5 Å². The number of hydrogen-bond acceptors (Lipinski definition) is 19. The van der Waals surface area contributed by atoms with Crippen molar-refractivity contribution in [3.8, 4) is 0 Å². The van der Waals surface area contributed by atoms with Gasteiger partial charge in [-0.15, -0.1) is 0 Å². The van der Waals surface area contributed by atoms with Crippen LogP contribution in [0.25, 0.3) is 0 Å². The summed E-state index contributed by atoms with van der Waals surface area (Å²) in [6.45, 7) is 14.1. The third-order valence-electron chi connectivity index (χ3n) is 16.7. The zero-order valence-electron chi connectivity index (χ0n) is 37.0. The number of rotatable bonds is 12. The Morgan fingerprint density at radius 2 is 1.56 bits per heavy atom. The van der Waals surface area contributed by atoms with Crippen molar-refractivity contribution in [2.75, 3.05) is 21.3 Å². The molecular formula is C43H56O19. The molecule has 1 aromatic rings. The first-order chi connectivity index (χ1) is 28.9. The number of epoxide rings is 1. The van der Waals surface area contributed by atoms with Crippen molar-refractivity contribution in [1.82, 2.24) is 0 Å². The second-order valence-corrected chi connectivity index (χ2v) is 19.3. The fourth-order valence-corrected chi connectivity index (χ4v) is 14.4. The third kappa shape index (κ3) is 4.47. The summed E-state index contributed by atoms with van der Waals surface area (Å²) in [5, 5.41) is 13.6. The van der Waals surface area contributed by atoms with Crippen LogP contribution in [0.3, 0.4) is 0 Å². The van der Waals surface area contributed by atoms with Gasteiger partial charge in [-0.1, -0.05) is 27.7 Å². The smallest absolute Gasteiger partial charge is 0.341 e. The molecule has 19 heteroatoms. The molecular weight excluding hydrogens is 820 g/mol. The summed E-state index contributed by atoms with van der Waals surface area (Å²) >= 11 is 0. The molecule has 4 saturated carbocycles. The molecule has 0 unspecified atom stereocenters. The summed E-state index contributed by atoms with van der Waals surface area (Å²) in [7, 11) is 3.77. The summed E-state index contributed by atoms with van der Waals surface area (Å²) in [5.74, 6) is -9.01. The van der Waals surface area contributed by atoms with Crippen LogP contribution in [0.5, 0.6) is 0 Å². The summed E-state index contributed by atoms with van der Waals surface area (Å²) in [4.78, 5) is 70.0. The Kier molecular flexibility index (Phi) is 8.97. The van der Waals surface area contributed by atoms with Crippen molar-refractivity contribution < 1.29 is 90.3 Å². The lowest BCUT2D eigenvalue weighted by Crippen LogP contribution is -2.98. The minimum absolute atomic E-state index is 0.0214. The zero-order chi connectivity index (χ0) is 45.3. The predicted octanol–water partition coefficient (Wildman–Crippen LogP) is 3.06. The van der Waals surface area contributed by atoms with Crippen molar-refractivity contribution in [2.45, 2.75) is 170 Å². The van der Waals surface area contributed by atoms with E-state index in [9.17, 15) is 29.1 Å². The van der Waals surface area contributed by atoms with Gasteiger partial charge < -0.3 is 66.4 Å². The Labute approximate surface area is 357 Å². The number of esters is 5. The number of hydrogen-bond donors (Lipinski definition) is 1. The molecule has 0 aromatic carbocycles. The Hall–Kier alpha value is -3.69. The fraction of sp³-hybridized carbons (Fsp3) is 0.791. The average Bonchev–Trinajstić information content (AvgIpc) is 3.81. The predicted molar refractivity (Wildman–Crippen MR) is 201 cm³/mol. The Morgan fingerprint density at radius 1 is 0.903 bits per heavy atom. The van der Waals surface area contributed by atoms with E-state index < -0.39 is 135 Å². The van der Waals surface area contributed by atoms with Crippen LogP contribution in [0, 0.1) is 22.2 Å². The number of fused-ring (bicyclic) bond motifs is 2. The first-order valence-corrected chi connectivity index (χ1v) is 21.0. The summed E-state index contributed by atoms with van der Waals surface area (Å²) in [6, 6.07) is 1.58. The fourth-order valence-electron chi connectivity index (χ4n) is 14.4. The first kappa shape index (κ1) is 43.6. The minimum Gasteiger partial charge on any atom is -0.472 e. The molecule has 4 bridgehead atoms. The Morgan fingerprint density at radius 3 is 2.11 bits per heavy atom. The van der Waals surface area contributed by atoms with Crippen molar-refractivity contribution in [3.05, 3.63) is 24.2 Å². The largest absolute Gasteiger partial charge is 0.472 e. The van der Waals surface area contributed by atoms with E-state index >= 15 is 0 Å². The number of aliphatic hydroxyl groups excluding tert-OH is 1. The lowest BCUT2D eigenvalue weighted by molar-refractivity contribution is -0.467. The monoisotopic (exact) mass is 876 g/mol. The highest BCUT2D eigenvalue weighted by Crippen LogP contribution is 2.91. The van der Waals surface area contributed by atoms with Crippen LogP contribution in [-0.2, 0) is 80.8 Å². The van der Waals surface area contributed by atoms with Gasteiger partial charge in [-0.2, -0.15) is 0 Å². The molecule has 0 radical (unpaired) electrons. The number of furan rings is 1. The molecule has 8 fully saturated rings. The maximum atomic E-state index is 14.6. The molecule has 4 saturated heterocycles. The van der Waals surface area contributed by atoms with E-state index in [1.54, 1.807) is 47.6 Å². The molecule has 0 amide bonds. The van der Waals surface area contributed by atoms with E-state index in [4.69, 9.17) is 61.3 Å². The van der Waals surface area contributed by atoms with E-state index in [2.05, 4.69) is 0 Å². The topological polar surface area (TPSA) is 233 Å². The standard InChI is InChI=1S/C43H56O19/c1-13-40(52-12)58-31-41(62-40)30(55-32(49)35(7)21(2)56-35)33(5)20-39(41,57-23(4)45)36(8,25(33)16-27(47)50-10)42-26(46)17-34(6,29(54-22(3)44)24-14-15-53-19-24)38(18-28(48)51-11)43(31,42)61-37(9,59-38)60-42/h14-15,19,21,25-26,29-31,46H,13,16-18,20H2,1-12H3/t21-,25+,26-,29+,30+,31-,33-,34+,35+,36-,37-,38+,39-,40-,41+,42+,43+/m1/s1. The minimum atomic E-state index is -2.33. The van der Waals surface area contributed by atoms with Gasteiger partial charge in [0, 0.05) is 69.0 Å². The average molecular weight is 877 g/mol. The molecule has 17 atom stereocenters. The number of ether oxygens (including phenoxy) is 12. The molecule has 9 rings (SSSR count). The molecule has 342 valence electrons. The highest BCUT2D eigenvalue weighted by atomic mass is 17.0. The van der Waals surface area contributed by atoms with Crippen LogP contribution >= 0.6 is 0 Å². The van der Waals surface area contributed by atoms with E-state index in [1.165, 1.54) is 54.6 Å². The van der Waals surface area contributed by atoms with Crippen molar-refractivity contribution >= 4 is 29.8 Å². The third-order valence-corrected chi connectivity index (χ3v) is 16.7. The summed E-state index contributed by atoms with van der Waals surface area (Å²) in [6.07, 6.45) is -5.52. The van der Waals surface area contributed by atoms with Crippen LogP contribution in [0.1, 0.15) is 106 Å². The molecule has 19 nitrogen and oxygen atoms in total. The summed E-state index contributed by atoms with van der Waals surface area (Å²) < 4.78 is 84.1. The van der Waals surface area contributed by atoms with Crippen LogP contribution in [-0.4, -0.2) is 126 Å². The first-order valence-electron chi connectivity index (χ1n) is 21.0. The van der Waals surface area contributed by atoms with Crippen LogP contribution in [0.4, 0.5) is 0 Å². The SMILES string of the molecule is CC[C@@]1(OC)O[C@@H]2[C@@]3(O1)[C@@H](OC(=O)[C@@]1(C)O[C@@H]1C)[C@]1(C)C[C@@]3(OC(C)=O)[C@@](C)([C@H]1CC(=O)OC)[C@]13O[C@@]4(C)O[C@](CC(=O)OC)([C@@]21O4)[C@](C)([C@@H](OC(C)=O)c1ccoc1)C[C@H]3O. The molecule has 2 spiro atoms. The van der Waals surface area contributed by atoms with Gasteiger partial charge in [0.2, 0.25) is 0 Å². The van der Waals surface area contributed by atoms with E-state index in [0.717, 1.165) is 0 Å². The highest BCUT2D eigenvalue weighted by Gasteiger charge is 3.08. The second-order valence-electron chi connectivity index (χ2n) is 19.3. The van der Waals surface area contributed by atoms with Crippen LogP contribution < -0.4 is 0 Å². The van der Waals surface area contributed by atoms with Gasteiger partial charge in [-0.3, -0.25) is 19.2 Å².